The normalized spacial score (nSPS) is 13.1. The van der Waals surface area contributed by atoms with Crippen molar-refractivity contribution >= 4 is 38.7 Å². The highest BCUT2D eigenvalue weighted by Gasteiger charge is 2.12. The van der Waals surface area contributed by atoms with Crippen molar-refractivity contribution in [2.45, 2.75) is 0 Å². The Labute approximate surface area is 135 Å². The summed E-state index contributed by atoms with van der Waals surface area (Å²) in [5, 5.41) is 1.04. The van der Waals surface area contributed by atoms with E-state index in [2.05, 4.69) is 25.9 Å². The fourth-order valence-corrected chi connectivity index (χ4v) is 2.82. The van der Waals surface area contributed by atoms with E-state index in [0.29, 0.717) is 0 Å². The van der Waals surface area contributed by atoms with Gasteiger partial charge in [0, 0.05) is 22.3 Å². The van der Waals surface area contributed by atoms with Gasteiger partial charge in [0.05, 0.1) is 11.2 Å². The number of ether oxygens (including phenoxy) is 2. The molecule has 0 aliphatic carbocycles. The topological polar surface area (TPSA) is 43.7 Å². The van der Waals surface area contributed by atoms with Crippen LogP contribution in [0.4, 0.5) is 5.69 Å². The van der Waals surface area contributed by atoms with Gasteiger partial charge in [0.2, 0.25) is 6.79 Å². The van der Waals surface area contributed by atoms with Crippen LogP contribution in [0, 0.1) is 0 Å². The van der Waals surface area contributed by atoms with Crippen LogP contribution in [0.1, 0.15) is 5.56 Å². The first-order valence-electron chi connectivity index (χ1n) is 6.78. The molecule has 22 heavy (non-hydrogen) atoms. The average Bonchev–Trinajstić information content (AvgIpc) is 3.02. The number of hydrogen-bond acceptors (Lipinski definition) is 4. The molecule has 0 radical (unpaired) electrons. The lowest BCUT2D eigenvalue weighted by Gasteiger charge is -2.03. The summed E-state index contributed by atoms with van der Waals surface area (Å²) in [4.78, 5) is 8.99. The molecule has 0 saturated carbocycles. The van der Waals surface area contributed by atoms with Crippen molar-refractivity contribution in [3.63, 3.8) is 0 Å². The smallest absolute Gasteiger partial charge is 0.231 e. The van der Waals surface area contributed by atoms with E-state index < -0.39 is 0 Å². The molecule has 2 heterocycles. The van der Waals surface area contributed by atoms with Crippen LogP contribution in [0.5, 0.6) is 11.5 Å². The third-order valence-electron chi connectivity index (χ3n) is 3.44. The molecule has 0 fully saturated rings. The third-order valence-corrected chi connectivity index (χ3v) is 4.14. The molecule has 0 spiro atoms. The number of fused-ring (bicyclic) bond motifs is 2. The van der Waals surface area contributed by atoms with Gasteiger partial charge in [-0.05, 0) is 42.0 Å². The molecular formula is C17H11BrN2O2. The average molecular weight is 355 g/mol. The predicted molar refractivity (Wildman–Crippen MR) is 89.3 cm³/mol. The fraction of sp³-hybridized carbons (Fsp3) is 0.0588. The summed E-state index contributed by atoms with van der Waals surface area (Å²) in [5.74, 6) is 1.52. The lowest BCUT2D eigenvalue weighted by atomic mass is 10.2. The van der Waals surface area contributed by atoms with Gasteiger partial charge in [-0.1, -0.05) is 22.0 Å². The van der Waals surface area contributed by atoms with Gasteiger partial charge in [-0.25, -0.2) is 0 Å². The number of halogens is 1. The van der Waals surface area contributed by atoms with Crippen molar-refractivity contribution in [3.8, 4) is 11.5 Å². The maximum atomic E-state index is 5.37. The number of rotatable bonds is 2. The van der Waals surface area contributed by atoms with Crippen LogP contribution in [0.25, 0.3) is 10.9 Å². The van der Waals surface area contributed by atoms with Crippen LogP contribution in [0.2, 0.25) is 0 Å². The molecule has 1 aliphatic rings. The second-order valence-corrected chi connectivity index (χ2v) is 5.69. The van der Waals surface area contributed by atoms with Crippen LogP contribution in [-0.4, -0.2) is 18.0 Å². The van der Waals surface area contributed by atoms with Crippen molar-refractivity contribution in [1.82, 2.24) is 4.98 Å². The Bertz CT molecular complexity index is 893. The summed E-state index contributed by atoms with van der Waals surface area (Å²) >= 11 is 3.54. The molecule has 2 aromatic carbocycles. The number of aliphatic imine (C=N–C) groups is 1. The first-order valence-corrected chi connectivity index (χ1v) is 7.57. The summed E-state index contributed by atoms with van der Waals surface area (Å²) in [6, 6.07) is 13.6. The number of nitrogens with zero attached hydrogens (tertiary/aromatic N) is 2. The summed E-state index contributed by atoms with van der Waals surface area (Å²) in [5.41, 5.74) is 2.65. The zero-order valence-corrected chi connectivity index (χ0v) is 13.1. The molecule has 0 N–H and O–H groups in total. The van der Waals surface area contributed by atoms with Gasteiger partial charge >= 0.3 is 0 Å². The Hall–Kier alpha value is -2.40. The van der Waals surface area contributed by atoms with Crippen LogP contribution >= 0.6 is 15.9 Å². The zero-order chi connectivity index (χ0) is 14.9. The van der Waals surface area contributed by atoms with Crippen LogP contribution in [-0.2, 0) is 0 Å². The highest BCUT2D eigenvalue weighted by molar-refractivity contribution is 9.10. The van der Waals surface area contributed by atoms with E-state index in [-0.39, 0.29) is 6.79 Å². The van der Waals surface area contributed by atoms with Crippen molar-refractivity contribution in [1.29, 1.82) is 0 Å². The first-order chi connectivity index (χ1) is 10.8. The van der Waals surface area contributed by atoms with Crippen molar-refractivity contribution in [3.05, 3.63) is 58.7 Å². The number of benzene rings is 2. The lowest BCUT2D eigenvalue weighted by Crippen LogP contribution is -1.92. The highest BCUT2D eigenvalue weighted by atomic mass is 79.9. The van der Waals surface area contributed by atoms with Gasteiger partial charge in [0.1, 0.15) is 0 Å². The molecule has 1 aliphatic heterocycles. The van der Waals surface area contributed by atoms with E-state index >= 15 is 0 Å². The molecule has 4 rings (SSSR count). The minimum absolute atomic E-state index is 0.275. The van der Waals surface area contributed by atoms with Crippen LogP contribution < -0.4 is 9.47 Å². The quantitative estimate of drug-likeness (QED) is 0.637. The fourth-order valence-electron chi connectivity index (χ4n) is 2.36. The summed E-state index contributed by atoms with van der Waals surface area (Å²) in [6.45, 7) is 0.275. The van der Waals surface area contributed by atoms with Gasteiger partial charge in [-0.15, -0.1) is 0 Å². The van der Waals surface area contributed by atoms with E-state index in [1.807, 2.05) is 42.5 Å². The Balaban J connectivity index is 1.73. The first kappa shape index (κ1) is 13.3. The maximum Gasteiger partial charge on any atom is 0.231 e. The standard InChI is InChI=1S/C17H11BrN2O2/c18-13-4-5-14(17-12(13)2-1-7-19-17)20-9-11-3-6-15-16(8-11)22-10-21-15/h1-9H,10H2. The molecule has 0 saturated heterocycles. The molecular weight excluding hydrogens is 344 g/mol. The van der Waals surface area contributed by atoms with Gasteiger partial charge in [0.25, 0.3) is 0 Å². The molecule has 3 aromatic rings. The van der Waals surface area contributed by atoms with E-state index in [4.69, 9.17) is 9.47 Å². The number of pyridine rings is 1. The molecule has 0 unspecified atom stereocenters. The Kier molecular flexibility index (Phi) is 3.27. The number of aromatic nitrogens is 1. The molecule has 0 bridgehead atoms. The molecule has 108 valence electrons. The highest BCUT2D eigenvalue weighted by Crippen LogP contribution is 2.33. The number of hydrogen-bond donors (Lipinski definition) is 0. The Morgan fingerprint density at radius 1 is 1.09 bits per heavy atom. The molecule has 1 aromatic heterocycles. The molecule has 5 heteroatoms. The monoisotopic (exact) mass is 354 g/mol. The lowest BCUT2D eigenvalue weighted by molar-refractivity contribution is 0.174. The molecule has 4 nitrogen and oxygen atoms in total. The van der Waals surface area contributed by atoms with Crippen molar-refractivity contribution in [2.24, 2.45) is 4.99 Å². The van der Waals surface area contributed by atoms with Gasteiger partial charge in [-0.2, -0.15) is 0 Å². The van der Waals surface area contributed by atoms with Gasteiger partial charge in [-0.3, -0.25) is 9.98 Å². The minimum Gasteiger partial charge on any atom is -0.454 e. The maximum absolute atomic E-state index is 5.37. The SMILES string of the molecule is Brc1ccc(N=Cc2ccc3c(c2)OCO3)c2ncccc12. The summed E-state index contributed by atoms with van der Waals surface area (Å²) in [6.07, 6.45) is 3.58. The second kappa shape index (κ2) is 5.42. The Morgan fingerprint density at radius 3 is 2.95 bits per heavy atom. The van der Waals surface area contributed by atoms with Crippen molar-refractivity contribution < 1.29 is 9.47 Å². The zero-order valence-electron chi connectivity index (χ0n) is 11.5. The predicted octanol–water partition coefficient (Wildman–Crippen LogP) is 4.48. The van der Waals surface area contributed by atoms with E-state index in [1.165, 1.54) is 0 Å². The molecule has 0 amide bonds. The largest absolute Gasteiger partial charge is 0.454 e. The van der Waals surface area contributed by atoms with Gasteiger partial charge in [0.15, 0.2) is 11.5 Å². The summed E-state index contributed by atoms with van der Waals surface area (Å²) < 4.78 is 11.7. The minimum atomic E-state index is 0.275. The van der Waals surface area contributed by atoms with Crippen LogP contribution in [0.15, 0.2) is 58.1 Å². The van der Waals surface area contributed by atoms with Crippen LogP contribution in [0.3, 0.4) is 0 Å². The van der Waals surface area contributed by atoms with E-state index in [0.717, 1.165) is 38.1 Å². The van der Waals surface area contributed by atoms with E-state index in [1.54, 1.807) is 12.4 Å². The Morgan fingerprint density at radius 2 is 2.00 bits per heavy atom. The molecule has 0 atom stereocenters. The second-order valence-electron chi connectivity index (χ2n) is 4.84. The third kappa shape index (κ3) is 2.33. The van der Waals surface area contributed by atoms with Gasteiger partial charge < -0.3 is 9.47 Å². The van der Waals surface area contributed by atoms with E-state index in [9.17, 15) is 0 Å². The van der Waals surface area contributed by atoms with Crippen molar-refractivity contribution in [2.75, 3.05) is 6.79 Å². The summed E-state index contributed by atoms with van der Waals surface area (Å²) in [7, 11) is 0.